The van der Waals surface area contributed by atoms with Crippen LogP contribution in [-0.4, -0.2) is 6.61 Å². The number of epoxide rings is 1. The molecule has 0 saturated carbocycles. The van der Waals surface area contributed by atoms with Crippen molar-refractivity contribution in [2.24, 2.45) is 0 Å². The summed E-state index contributed by atoms with van der Waals surface area (Å²) in [5.74, 6) is 0. The first kappa shape index (κ1) is 8.69. The highest BCUT2D eigenvalue weighted by molar-refractivity contribution is 5.64. The van der Waals surface area contributed by atoms with Gasteiger partial charge in [-0.2, -0.15) is 0 Å². The minimum Gasteiger partial charge on any atom is -0.368 e. The molecule has 74 valence electrons. The minimum absolute atomic E-state index is 0.341. The fourth-order valence-corrected chi connectivity index (χ4v) is 1.79. The van der Waals surface area contributed by atoms with Gasteiger partial charge in [-0.05, 0) is 22.8 Å². The smallest absolute Gasteiger partial charge is 0.106 e. The molecule has 1 atom stereocenters. The number of hydrogen-bond donors (Lipinski definition) is 0. The van der Waals surface area contributed by atoms with Crippen LogP contribution >= 0.6 is 0 Å². The lowest BCUT2D eigenvalue weighted by Crippen LogP contribution is -1.82. The second-order valence-corrected chi connectivity index (χ2v) is 3.81. The molecule has 1 nitrogen and oxygen atoms in total. The van der Waals surface area contributed by atoms with Gasteiger partial charge in [0.15, 0.2) is 0 Å². The molecular formula is C14H12O. The van der Waals surface area contributed by atoms with Crippen LogP contribution in [0.25, 0.3) is 11.1 Å². The summed E-state index contributed by atoms with van der Waals surface area (Å²) in [7, 11) is 0. The van der Waals surface area contributed by atoms with E-state index < -0.39 is 0 Å². The average molecular weight is 196 g/mol. The monoisotopic (exact) mass is 196 g/mol. The Morgan fingerprint density at radius 3 is 2.33 bits per heavy atom. The van der Waals surface area contributed by atoms with Gasteiger partial charge in [-0.15, -0.1) is 0 Å². The number of benzene rings is 2. The zero-order chi connectivity index (χ0) is 10.1. The Morgan fingerprint density at radius 1 is 0.867 bits per heavy atom. The van der Waals surface area contributed by atoms with Gasteiger partial charge in [0, 0.05) is 0 Å². The van der Waals surface area contributed by atoms with E-state index in [1.54, 1.807) is 0 Å². The third kappa shape index (κ3) is 1.79. The third-order valence-corrected chi connectivity index (χ3v) is 2.70. The molecule has 1 aliphatic rings. The van der Waals surface area contributed by atoms with Crippen molar-refractivity contribution in [2.45, 2.75) is 6.10 Å². The summed E-state index contributed by atoms with van der Waals surface area (Å²) in [5, 5.41) is 0. The maximum Gasteiger partial charge on any atom is 0.106 e. The summed E-state index contributed by atoms with van der Waals surface area (Å²) in [5.41, 5.74) is 3.82. The maximum atomic E-state index is 5.29. The van der Waals surface area contributed by atoms with Crippen molar-refractivity contribution in [1.82, 2.24) is 0 Å². The topological polar surface area (TPSA) is 12.5 Å². The van der Waals surface area contributed by atoms with E-state index in [0.717, 1.165) is 6.61 Å². The lowest BCUT2D eigenvalue weighted by Gasteiger charge is -2.03. The summed E-state index contributed by atoms with van der Waals surface area (Å²) < 4.78 is 5.29. The number of rotatable bonds is 2. The molecule has 1 heteroatoms. The van der Waals surface area contributed by atoms with Gasteiger partial charge >= 0.3 is 0 Å². The molecule has 1 aliphatic heterocycles. The highest BCUT2D eigenvalue weighted by atomic mass is 16.6. The minimum atomic E-state index is 0.341. The van der Waals surface area contributed by atoms with Gasteiger partial charge in [-0.25, -0.2) is 0 Å². The highest BCUT2D eigenvalue weighted by Gasteiger charge is 2.24. The van der Waals surface area contributed by atoms with Gasteiger partial charge < -0.3 is 4.74 Å². The van der Waals surface area contributed by atoms with E-state index in [-0.39, 0.29) is 0 Å². The molecule has 1 fully saturated rings. The van der Waals surface area contributed by atoms with Crippen LogP contribution in [0.15, 0.2) is 54.6 Å². The molecule has 2 aromatic rings. The molecular weight excluding hydrogens is 184 g/mol. The Bertz CT molecular complexity index is 458. The predicted molar refractivity (Wildman–Crippen MR) is 60.6 cm³/mol. The van der Waals surface area contributed by atoms with Gasteiger partial charge in [0.05, 0.1) is 6.61 Å². The van der Waals surface area contributed by atoms with Crippen LogP contribution in [0.5, 0.6) is 0 Å². The van der Waals surface area contributed by atoms with E-state index >= 15 is 0 Å². The summed E-state index contributed by atoms with van der Waals surface area (Å²) >= 11 is 0. The Labute approximate surface area is 89.3 Å². The lowest BCUT2D eigenvalue weighted by molar-refractivity contribution is 0.415. The second-order valence-electron chi connectivity index (χ2n) is 3.81. The van der Waals surface area contributed by atoms with Gasteiger partial charge in [0.2, 0.25) is 0 Å². The van der Waals surface area contributed by atoms with Crippen molar-refractivity contribution in [2.75, 3.05) is 6.61 Å². The summed E-state index contributed by atoms with van der Waals surface area (Å²) in [4.78, 5) is 0. The van der Waals surface area contributed by atoms with Gasteiger partial charge in [-0.1, -0.05) is 48.5 Å². The standard InChI is InChI=1S/C14H12O/c1-2-5-11(6-3-1)12-7-4-8-13(9-12)14-10-15-14/h1-9,14H,10H2/t14-/m1/s1. The molecule has 0 bridgehead atoms. The molecule has 15 heavy (non-hydrogen) atoms. The molecule has 0 aromatic heterocycles. The summed E-state index contributed by atoms with van der Waals surface area (Å²) in [6, 6.07) is 19.0. The maximum absolute atomic E-state index is 5.29. The van der Waals surface area contributed by atoms with Gasteiger partial charge in [0.1, 0.15) is 6.10 Å². The Kier molecular flexibility index (Phi) is 2.04. The van der Waals surface area contributed by atoms with E-state index in [2.05, 4.69) is 48.5 Å². The molecule has 0 unspecified atom stereocenters. The van der Waals surface area contributed by atoms with Crippen LogP contribution in [0.4, 0.5) is 0 Å². The van der Waals surface area contributed by atoms with Gasteiger partial charge in [-0.3, -0.25) is 0 Å². The SMILES string of the molecule is c1ccc(-c2cccc([C@H]3CO3)c2)cc1. The fourth-order valence-electron chi connectivity index (χ4n) is 1.79. The Balaban J connectivity index is 2.01. The van der Waals surface area contributed by atoms with Crippen molar-refractivity contribution in [3.8, 4) is 11.1 Å². The van der Waals surface area contributed by atoms with Crippen molar-refractivity contribution >= 4 is 0 Å². The molecule has 1 saturated heterocycles. The Hall–Kier alpha value is -1.60. The summed E-state index contributed by atoms with van der Waals surface area (Å²) in [6.45, 7) is 0.873. The molecule has 0 aliphatic carbocycles. The number of hydrogen-bond acceptors (Lipinski definition) is 1. The lowest BCUT2D eigenvalue weighted by atomic mass is 10.0. The molecule has 0 spiro atoms. The van der Waals surface area contributed by atoms with Crippen molar-refractivity contribution in [3.63, 3.8) is 0 Å². The summed E-state index contributed by atoms with van der Waals surface area (Å²) in [6.07, 6.45) is 0.341. The van der Waals surface area contributed by atoms with Crippen molar-refractivity contribution in [3.05, 3.63) is 60.2 Å². The molecule has 0 radical (unpaired) electrons. The van der Waals surface area contributed by atoms with Crippen molar-refractivity contribution in [1.29, 1.82) is 0 Å². The molecule has 0 amide bonds. The van der Waals surface area contributed by atoms with Crippen LogP contribution in [0.3, 0.4) is 0 Å². The molecule has 1 heterocycles. The first-order chi connectivity index (χ1) is 7.43. The van der Waals surface area contributed by atoms with E-state index in [1.807, 2.05) is 6.07 Å². The molecule has 0 N–H and O–H groups in total. The first-order valence-electron chi connectivity index (χ1n) is 5.20. The van der Waals surface area contributed by atoms with Crippen LogP contribution in [0.2, 0.25) is 0 Å². The van der Waals surface area contributed by atoms with E-state index in [9.17, 15) is 0 Å². The fraction of sp³-hybridized carbons (Fsp3) is 0.143. The highest BCUT2D eigenvalue weighted by Crippen LogP contribution is 2.32. The molecule has 2 aromatic carbocycles. The van der Waals surface area contributed by atoms with Crippen molar-refractivity contribution < 1.29 is 4.74 Å². The quantitative estimate of drug-likeness (QED) is 0.670. The predicted octanol–water partition coefficient (Wildman–Crippen LogP) is 3.42. The zero-order valence-corrected chi connectivity index (χ0v) is 8.39. The average Bonchev–Trinajstić information content (AvgIpc) is 3.14. The van der Waals surface area contributed by atoms with Crippen LogP contribution in [-0.2, 0) is 4.74 Å². The Morgan fingerprint density at radius 2 is 1.60 bits per heavy atom. The third-order valence-electron chi connectivity index (χ3n) is 2.70. The van der Waals surface area contributed by atoms with Crippen LogP contribution in [0, 0.1) is 0 Å². The largest absolute Gasteiger partial charge is 0.368 e. The van der Waals surface area contributed by atoms with Crippen LogP contribution < -0.4 is 0 Å². The normalized spacial score (nSPS) is 18.8. The van der Waals surface area contributed by atoms with E-state index in [4.69, 9.17) is 4.74 Å². The zero-order valence-electron chi connectivity index (χ0n) is 8.39. The number of ether oxygens (including phenoxy) is 1. The van der Waals surface area contributed by atoms with Gasteiger partial charge in [0.25, 0.3) is 0 Å². The molecule has 3 rings (SSSR count). The van der Waals surface area contributed by atoms with E-state index in [0.29, 0.717) is 6.10 Å². The second kappa shape index (κ2) is 3.52. The van der Waals surface area contributed by atoms with Crippen LogP contribution in [0.1, 0.15) is 11.7 Å². The first-order valence-corrected chi connectivity index (χ1v) is 5.20. The van der Waals surface area contributed by atoms with E-state index in [1.165, 1.54) is 16.7 Å².